The summed E-state index contributed by atoms with van der Waals surface area (Å²) in [5.41, 5.74) is 0.156. The number of nitrogens with zero attached hydrogens (tertiary/aromatic N) is 1. The van der Waals surface area contributed by atoms with Crippen molar-refractivity contribution in [3.8, 4) is 6.07 Å². The molecule has 0 aromatic heterocycles. The Morgan fingerprint density at radius 3 is 2.65 bits per heavy atom. The largest absolute Gasteiger partial charge is 0.316 e. The van der Waals surface area contributed by atoms with E-state index < -0.39 is 10.0 Å². The fraction of sp³-hybridized carbons (Fsp3) is 0.364. The summed E-state index contributed by atoms with van der Waals surface area (Å²) in [6, 6.07) is 8.01. The van der Waals surface area contributed by atoms with Gasteiger partial charge in [-0.3, -0.25) is 0 Å². The molecule has 1 aromatic carbocycles. The molecule has 0 amide bonds. The summed E-state index contributed by atoms with van der Waals surface area (Å²) in [5.74, 6) is 0. The molecule has 0 fully saturated rings. The van der Waals surface area contributed by atoms with E-state index in [1.165, 1.54) is 12.1 Å². The van der Waals surface area contributed by atoms with E-state index in [0.29, 0.717) is 13.1 Å². The van der Waals surface area contributed by atoms with Gasteiger partial charge in [0.05, 0.1) is 10.5 Å². The number of rotatable bonds is 6. The third-order valence-corrected chi connectivity index (χ3v) is 3.66. The third-order valence-electron chi connectivity index (χ3n) is 2.14. The molecule has 92 valence electrons. The maximum absolute atomic E-state index is 11.9. The minimum Gasteiger partial charge on any atom is -0.316 e. The molecule has 1 rings (SSSR count). The van der Waals surface area contributed by atoms with Gasteiger partial charge in [-0.2, -0.15) is 5.26 Å². The lowest BCUT2D eigenvalue weighted by Crippen LogP contribution is -2.32. The van der Waals surface area contributed by atoms with Crippen LogP contribution in [-0.4, -0.2) is 28.1 Å². The highest BCUT2D eigenvalue weighted by Gasteiger charge is 2.16. The summed E-state index contributed by atoms with van der Waals surface area (Å²) in [6.07, 6.45) is 0. The minimum atomic E-state index is -3.60. The van der Waals surface area contributed by atoms with Crippen LogP contribution in [0.4, 0.5) is 0 Å². The summed E-state index contributed by atoms with van der Waals surface area (Å²) in [7, 11) is -3.60. The van der Waals surface area contributed by atoms with Gasteiger partial charge in [-0.25, -0.2) is 13.1 Å². The van der Waals surface area contributed by atoms with Crippen molar-refractivity contribution in [2.24, 2.45) is 0 Å². The van der Waals surface area contributed by atoms with Gasteiger partial charge in [0.15, 0.2) is 0 Å². The van der Waals surface area contributed by atoms with E-state index in [0.717, 1.165) is 6.54 Å². The zero-order chi connectivity index (χ0) is 12.7. The lowest BCUT2D eigenvalue weighted by molar-refractivity contribution is 0.577. The number of likely N-dealkylation sites (N-methyl/N-ethyl adjacent to an activating group) is 1. The Bertz CT molecular complexity index is 506. The molecule has 0 heterocycles. The quantitative estimate of drug-likeness (QED) is 0.721. The van der Waals surface area contributed by atoms with Crippen LogP contribution in [0.3, 0.4) is 0 Å². The van der Waals surface area contributed by atoms with Crippen LogP contribution in [0, 0.1) is 11.3 Å². The van der Waals surface area contributed by atoms with Gasteiger partial charge in [-0.15, -0.1) is 0 Å². The van der Waals surface area contributed by atoms with Gasteiger partial charge in [0.1, 0.15) is 6.07 Å². The Morgan fingerprint density at radius 2 is 2.00 bits per heavy atom. The zero-order valence-electron chi connectivity index (χ0n) is 9.60. The molecule has 0 saturated carbocycles. The van der Waals surface area contributed by atoms with Crippen molar-refractivity contribution in [3.05, 3.63) is 29.8 Å². The van der Waals surface area contributed by atoms with Crippen molar-refractivity contribution in [1.29, 1.82) is 5.26 Å². The van der Waals surface area contributed by atoms with Crippen LogP contribution >= 0.6 is 0 Å². The summed E-state index contributed by atoms with van der Waals surface area (Å²) in [4.78, 5) is 0.0269. The van der Waals surface area contributed by atoms with Gasteiger partial charge in [-0.05, 0) is 18.7 Å². The normalized spacial score (nSPS) is 11.1. The third kappa shape index (κ3) is 3.82. The van der Waals surface area contributed by atoms with Crippen LogP contribution in [0.1, 0.15) is 12.5 Å². The van der Waals surface area contributed by atoms with Crippen molar-refractivity contribution in [2.45, 2.75) is 11.8 Å². The molecular formula is C11H15N3O2S. The van der Waals surface area contributed by atoms with Crippen molar-refractivity contribution in [2.75, 3.05) is 19.6 Å². The zero-order valence-corrected chi connectivity index (χ0v) is 10.4. The van der Waals surface area contributed by atoms with Crippen LogP contribution in [0.15, 0.2) is 29.2 Å². The molecule has 17 heavy (non-hydrogen) atoms. The summed E-state index contributed by atoms with van der Waals surface area (Å²) < 4.78 is 26.2. The molecule has 0 aliphatic heterocycles. The molecule has 0 bridgehead atoms. The second kappa shape index (κ2) is 6.35. The molecule has 0 saturated heterocycles. The smallest absolute Gasteiger partial charge is 0.241 e. The number of nitriles is 1. The Morgan fingerprint density at radius 1 is 1.29 bits per heavy atom. The molecule has 0 unspecified atom stereocenters. The molecule has 0 aliphatic carbocycles. The second-order valence-electron chi connectivity index (χ2n) is 3.36. The van der Waals surface area contributed by atoms with E-state index in [-0.39, 0.29) is 10.5 Å². The van der Waals surface area contributed by atoms with Crippen LogP contribution in [0.25, 0.3) is 0 Å². The molecule has 0 atom stereocenters. The van der Waals surface area contributed by atoms with Gasteiger partial charge in [0, 0.05) is 13.1 Å². The Kier molecular flexibility index (Phi) is 5.10. The molecular weight excluding hydrogens is 238 g/mol. The van der Waals surface area contributed by atoms with E-state index in [1.54, 1.807) is 12.1 Å². The summed E-state index contributed by atoms with van der Waals surface area (Å²) in [5, 5.41) is 11.8. The lowest BCUT2D eigenvalue weighted by atomic mass is 10.2. The average molecular weight is 253 g/mol. The molecule has 0 spiro atoms. The molecule has 0 aliphatic rings. The van der Waals surface area contributed by atoms with Crippen molar-refractivity contribution >= 4 is 10.0 Å². The van der Waals surface area contributed by atoms with Crippen LogP contribution < -0.4 is 10.0 Å². The fourth-order valence-electron chi connectivity index (χ4n) is 1.32. The molecule has 2 N–H and O–H groups in total. The van der Waals surface area contributed by atoms with E-state index in [9.17, 15) is 8.42 Å². The second-order valence-corrected chi connectivity index (χ2v) is 5.09. The maximum Gasteiger partial charge on any atom is 0.241 e. The molecule has 1 aromatic rings. The molecule has 5 nitrogen and oxygen atoms in total. The number of hydrogen-bond acceptors (Lipinski definition) is 4. The first kappa shape index (κ1) is 13.6. The van der Waals surface area contributed by atoms with Crippen LogP contribution in [-0.2, 0) is 10.0 Å². The van der Waals surface area contributed by atoms with E-state index in [2.05, 4.69) is 10.0 Å². The van der Waals surface area contributed by atoms with Gasteiger partial charge in [-0.1, -0.05) is 19.1 Å². The predicted molar refractivity (Wildman–Crippen MR) is 64.9 cm³/mol. The highest BCUT2D eigenvalue weighted by molar-refractivity contribution is 7.89. The van der Waals surface area contributed by atoms with Crippen LogP contribution in [0.5, 0.6) is 0 Å². The first-order chi connectivity index (χ1) is 8.11. The first-order valence-electron chi connectivity index (χ1n) is 5.31. The number of sulfonamides is 1. The molecule has 6 heteroatoms. The van der Waals surface area contributed by atoms with Gasteiger partial charge < -0.3 is 5.32 Å². The average Bonchev–Trinajstić information content (AvgIpc) is 2.34. The highest BCUT2D eigenvalue weighted by Crippen LogP contribution is 2.13. The highest BCUT2D eigenvalue weighted by atomic mass is 32.2. The Hall–Kier alpha value is -1.42. The summed E-state index contributed by atoms with van der Waals surface area (Å²) in [6.45, 7) is 3.59. The Labute approximate surface area is 102 Å². The van der Waals surface area contributed by atoms with E-state index in [4.69, 9.17) is 5.26 Å². The van der Waals surface area contributed by atoms with E-state index >= 15 is 0 Å². The lowest BCUT2D eigenvalue weighted by Gasteiger charge is -2.08. The van der Waals surface area contributed by atoms with Crippen molar-refractivity contribution in [3.63, 3.8) is 0 Å². The van der Waals surface area contributed by atoms with Crippen LogP contribution in [0.2, 0.25) is 0 Å². The number of nitrogens with one attached hydrogen (secondary N) is 2. The molecule has 0 radical (unpaired) electrons. The maximum atomic E-state index is 11.9. The van der Waals surface area contributed by atoms with Crippen molar-refractivity contribution in [1.82, 2.24) is 10.0 Å². The van der Waals surface area contributed by atoms with E-state index in [1.807, 2.05) is 13.0 Å². The minimum absolute atomic E-state index is 0.0269. The Balaban J connectivity index is 2.80. The standard InChI is InChI=1S/C11H15N3O2S/c1-2-13-7-8-14-17(15,16)11-6-4-3-5-10(11)9-12/h3-6,13-14H,2,7-8H2,1H3. The van der Waals surface area contributed by atoms with Crippen molar-refractivity contribution < 1.29 is 8.42 Å². The summed E-state index contributed by atoms with van der Waals surface area (Å²) >= 11 is 0. The van der Waals surface area contributed by atoms with Gasteiger partial charge in [0.2, 0.25) is 10.0 Å². The van der Waals surface area contributed by atoms with Gasteiger partial charge >= 0.3 is 0 Å². The SMILES string of the molecule is CCNCCNS(=O)(=O)c1ccccc1C#N. The number of benzene rings is 1. The number of hydrogen-bond donors (Lipinski definition) is 2. The first-order valence-corrected chi connectivity index (χ1v) is 6.79. The fourth-order valence-corrected chi connectivity index (χ4v) is 2.51. The monoisotopic (exact) mass is 253 g/mol. The topological polar surface area (TPSA) is 82.0 Å². The predicted octanol–water partition coefficient (Wildman–Crippen LogP) is 0.446. The van der Waals surface area contributed by atoms with Gasteiger partial charge in [0.25, 0.3) is 0 Å².